The number of nitrogens with one attached hydrogen (secondary N) is 2. The van der Waals surface area contributed by atoms with Gasteiger partial charge in [0.15, 0.2) is 0 Å². The number of hydrogen-bond acceptors (Lipinski definition) is 7. The van der Waals surface area contributed by atoms with Gasteiger partial charge >= 0.3 is 6.03 Å². The van der Waals surface area contributed by atoms with E-state index in [1.807, 2.05) is 27.7 Å². The molecule has 0 radical (unpaired) electrons. The molecule has 3 amide bonds. The van der Waals surface area contributed by atoms with Gasteiger partial charge in [0.1, 0.15) is 5.75 Å². The Morgan fingerprint density at radius 2 is 1.82 bits per heavy atom. The highest BCUT2D eigenvalue weighted by Gasteiger charge is 2.32. The highest BCUT2D eigenvalue weighted by atomic mass is 32.2. The number of urea groups is 1. The molecule has 0 spiro atoms. The second kappa shape index (κ2) is 16.2. The highest BCUT2D eigenvalue weighted by molar-refractivity contribution is 7.89. The Labute approximate surface area is 262 Å². The maximum Gasteiger partial charge on any atom is 0.319 e. The Bertz CT molecular complexity index is 1340. The molecule has 11 nitrogen and oxygen atoms in total. The molecule has 244 valence electrons. The fourth-order valence-electron chi connectivity index (χ4n) is 5.02. The number of sulfonamides is 1. The largest absolute Gasteiger partial charge is 0.490 e. The number of fused-ring (bicyclic) bond motifs is 1. The lowest BCUT2D eigenvalue weighted by Gasteiger charge is -2.35. The maximum absolute atomic E-state index is 14.2. The molecule has 12 heteroatoms. The van der Waals surface area contributed by atoms with Crippen molar-refractivity contribution in [1.82, 2.24) is 14.5 Å². The van der Waals surface area contributed by atoms with Crippen LogP contribution in [0, 0.1) is 5.92 Å². The summed E-state index contributed by atoms with van der Waals surface area (Å²) in [6.07, 6.45) is 1.55. The molecule has 1 heterocycles. The molecule has 1 aliphatic rings. The number of likely N-dealkylation sites (N-methyl/N-ethyl adjacent to an activating group) is 1. The van der Waals surface area contributed by atoms with Crippen molar-refractivity contribution in [2.75, 3.05) is 38.7 Å². The predicted octanol–water partition coefficient (Wildman–Crippen LogP) is 4.33. The molecule has 2 aromatic carbocycles. The summed E-state index contributed by atoms with van der Waals surface area (Å²) in [5.74, 6) is -0.293. The van der Waals surface area contributed by atoms with Crippen LogP contribution in [-0.4, -0.2) is 92.3 Å². The van der Waals surface area contributed by atoms with E-state index in [0.29, 0.717) is 24.5 Å². The van der Waals surface area contributed by atoms with Crippen LogP contribution in [0.2, 0.25) is 0 Å². The van der Waals surface area contributed by atoms with E-state index in [0.717, 1.165) is 12.8 Å². The summed E-state index contributed by atoms with van der Waals surface area (Å²) in [4.78, 5) is 28.4. The first kappa shape index (κ1) is 35.3. The molecular formula is C32H48N4O7S. The summed E-state index contributed by atoms with van der Waals surface area (Å²) >= 11 is 0. The van der Waals surface area contributed by atoms with Gasteiger partial charge in [-0.2, -0.15) is 4.31 Å². The van der Waals surface area contributed by atoms with Gasteiger partial charge in [0.25, 0.3) is 5.91 Å². The van der Waals surface area contributed by atoms with E-state index in [1.54, 1.807) is 60.4 Å². The third kappa shape index (κ3) is 9.65. The van der Waals surface area contributed by atoms with Crippen molar-refractivity contribution in [3.63, 3.8) is 0 Å². The zero-order valence-electron chi connectivity index (χ0n) is 26.7. The molecule has 0 fully saturated rings. The first-order chi connectivity index (χ1) is 20.8. The van der Waals surface area contributed by atoms with E-state index in [2.05, 4.69) is 10.6 Å². The lowest BCUT2D eigenvalue weighted by Crippen LogP contribution is -2.48. The Morgan fingerprint density at radius 1 is 1.11 bits per heavy atom. The zero-order chi connectivity index (χ0) is 32.4. The van der Waals surface area contributed by atoms with Crippen molar-refractivity contribution in [3.8, 4) is 5.75 Å². The minimum Gasteiger partial charge on any atom is -0.490 e. The average molecular weight is 633 g/mol. The van der Waals surface area contributed by atoms with Crippen LogP contribution < -0.4 is 15.4 Å². The summed E-state index contributed by atoms with van der Waals surface area (Å²) in [6.45, 7) is 9.71. The van der Waals surface area contributed by atoms with Crippen LogP contribution in [0.5, 0.6) is 5.75 Å². The number of benzene rings is 2. The number of ether oxygens (including phenoxy) is 2. The Morgan fingerprint density at radius 3 is 2.48 bits per heavy atom. The molecule has 2 aromatic rings. The van der Waals surface area contributed by atoms with Crippen LogP contribution in [0.3, 0.4) is 0 Å². The smallest absolute Gasteiger partial charge is 0.319 e. The van der Waals surface area contributed by atoms with E-state index < -0.39 is 28.2 Å². The Kier molecular flexibility index (Phi) is 13.0. The standard InChI is InChI=1S/C32H48N4O7S/c1-22(2)33-32(39)34-26-15-16-29-28(18-26)31(38)36(24(4)21-37)19-23(3)30(42-17-11-10-12-25(5)43-29)20-35(6)44(40,41)27-13-8-7-9-14-27/h7-9,13-16,18,22-25,30,37H,10-12,17,19-21H2,1-6H3,(H2,33,34,39)/t23-,24+,25+,30-/m0/s1. The van der Waals surface area contributed by atoms with Crippen molar-refractivity contribution in [3.05, 3.63) is 54.1 Å². The summed E-state index contributed by atoms with van der Waals surface area (Å²) < 4.78 is 40.4. The number of carbonyl (C=O) groups is 2. The van der Waals surface area contributed by atoms with Crippen LogP contribution in [0.15, 0.2) is 53.4 Å². The van der Waals surface area contributed by atoms with Gasteiger partial charge < -0.3 is 30.1 Å². The number of aliphatic hydroxyl groups excluding tert-OH is 1. The molecule has 0 saturated heterocycles. The lowest BCUT2D eigenvalue weighted by atomic mass is 10.0. The van der Waals surface area contributed by atoms with Gasteiger partial charge in [0.2, 0.25) is 10.0 Å². The molecular weight excluding hydrogens is 584 g/mol. The molecule has 1 aliphatic heterocycles. The summed E-state index contributed by atoms with van der Waals surface area (Å²) in [7, 11) is -2.23. The Hall–Kier alpha value is -3.19. The number of aliphatic hydroxyl groups is 1. The van der Waals surface area contributed by atoms with Gasteiger partial charge in [-0.25, -0.2) is 13.2 Å². The lowest BCUT2D eigenvalue weighted by molar-refractivity contribution is -0.00833. The van der Waals surface area contributed by atoms with E-state index >= 15 is 0 Å². The number of carbonyl (C=O) groups excluding carboxylic acids is 2. The van der Waals surface area contributed by atoms with Gasteiger partial charge in [0, 0.05) is 44.4 Å². The van der Waals surface area contributed by atoms with E-state index in [4.69, 9.17) is 9.47 Å². The molecule has 0 bridgehead atoms. The van der Waals surface area contributed by atoms with Crippen molar-refractivity contribution >= 4 is 27.6 Å². The summed E-state index contributed by atoms with van der Waals surface area (Å²) in [5.41, 5.74) is 0.677. The van der Waals surface area contributed by atoms with Crippen molar-refractivity contribution in [2.24, 2.45) is 5.92 Å². The van der Waals surface area contributed by atoms with Crippen LogP contribution in [-0.2, 0) is 14.8 Å². The third-order valence-electron chi connectivity index (χ3n) is 7.62. The number of rotatable bonds is 8. The topological polar surface area (TPSA) is 138 Å². The van der Waals surface area contributed by atoms with Gasteiger partial charge in [-0.3, -0.25) is 4.79 Å². The fraction of sp³-hybridized carbons (Fsp3) is 0.562. The van der Waals surface area contributed by atoms with Gasteiger partial charge in [0.05, 0.1) is 35.3 Å². The molecule has 0 unspecified atom stereocenters. The number of nitrogens with zero attached hydrogens (tertiary/aromatic N) is 2. The normalized spacial score (nSPS) is 21.2. The molecule has 0 aliphatic carbocycles. The van der Waals surface area contributed by atoms with E-state index in [9.17, 15) is 23.1 Å². The first-order valence-electron chi connectivity index (χ1n) is 15.3. The third-order valence-corrected chi connectivity index (χ3v) is 9.46. The Balaban J connectivity index is 1.96. The second-order valence-electron chi connectivity index (χ2n) is 11.9. The summed E-state index contributed by atoms with van der Waals surface area (Å²) in [6, 6.07) is 12.2. The zero-order valence-corrected chi connectivity index (χ0v) is 27.5. The first-order valence-corrected chi connectivity index (χ1v) is 16.7. The molecule has 3 N–H and O–H groups in total. The van der Waals surface area contributed by atoms with Crippen LogP contribution in [0.1, 0.15) is 64.2 Å². The molecule has 44 heavy (non-hydrogen) atoms. The SMILES string of the molecule is CC(C)NC(=O)Nc1ccc2c(c1)C(=O)N([C@H](C)CO)C[C@H](C)[C@H](CN(C)S(=O)(=O)c1ccccc1)OCCCC[C@@H](C)O2. The second-order valence-corrected chi connectivity index (χ2v) is 13.9. The molecule has 3 rings (SSSR count). The number of hydrogen-bond donors (Lipinski definition) is 3. The highest BCUT2D eigenvalue weighted by Crippen LogP contribution is 2.29. The molecule has 4 atom stereocenters. The minimum absolute atomic E-state index is 0.0719. The predicted molar refractivity (Wildman–Crippen MR) is 170 cm³/mol. The monoisotopic (exact) mass is 632 g/mol. The maximum atomic E-state index is 14.2. The fourth-order valence-corrected chi connectivity index (χ4v) is 6.22. The van der Waals surface area contributed by atoms with Crippen molar-refractivity contribution in [2.45, 2.75) is 83.1 Å². The average Bonchev–Trinajstić information content (AvgIpc) is 2.98. The number of anilines is 1. The van der Waals surface area contributed by atoms with Crippen molar-refractivity contribution in [1.29, 1.82) is 0 Å². The minimum atomic E-state index is -3.76. The quantitative estimate of drug-likeness (QED) is 0.394. The van der Waals surface area contributed by atoms with Gasteiger partial charge in [-0.15, -0.1) is 0 Å². The van der Waals surface area contributed by atoms with Crippen molar-refractivity contribution < 1.29 is 32.6 Å². The van der Waals surface area contributed by atoms with E-state index in [1.165, 1.54) is 11.4 Å². The molecule has 0 aromatic heterocycles. The van der Waals surface area contributed by atoms with Gasteiger partial charge in [-0.1, -0.05) is 25.1 Å². The summed E-state index contributed by atoms with van der Waals surface area (Å²) in [5, 5.41) is 15.7. The van der Waals surface area contributed by atoms with Gasteiger partial charge in [-0.05, 0) is 77.3 Å². The molecule has 0 saturated carbocycles. The van der Waals surface area contributed by atoms with E-state index in [-0.39, 0.29) is 54.1 Å². The van der Waals surface area contributed by atoms with Crippen LogP contribution in [0.4, 0.5) is 10.5 Å². The van der Waals surface area contributed by atoms with Crippen LogP contribution >= 0.6 is 0 Å². The van der Waals surface area contributed by atoms with Crippen LogP contribution in [0.25, 0.3) is 0 Å². The number of amides is 3.